The molecule has 37 heavy (non-hydrogen) atoms. The number of aryl methyl sites for hydroxylation is 1. The van der Waals surface area contributed by atoms with E-state index in [1.807, 2.05) is 16.7 Å². The fraction of sp³-hybridized carbons (Fsp3) is 0.429. The number of carbonyl (C=O) groups excluding carboxylic acids is 1. The molecule has 0 radical (unpaired) electrons. The fourth-order valence-electron chi connectivity index (χ4n) is 4.36. The Morgan fingerprint density at radius 2 is 2.00 bits per heavy atom. The molecule has 0 bridgehead atoms. The van der Waals surface area contributed by atoms with Crippen molar-refractivity contribution in [2.75, 3.05) is 11.1 Å². The summed E-state index contributed by atoms with van der Waals surface area (Å²) in [6.07, 6.45) is 8.32. The molecule has 1 amide bonds. The number of hydrogen-bond donors (Lipinski definition) is 1. The molecule has 0 aliphatic heterocycles. The first-order chi connectivity index (χ1) is 18.0. The minimum absolute atomic E-state index is 0.160. The van der Waals surface area contributed by atoms with E-state index in [9.17, 15) is 10.1 Å². The van der Waals surface area contributed by atoms with Crippen molar-refractivity contribution in [3.8, 4) is 11.8 Å². The van der Waals surface area contributed by atoms with Gasteiger partial charge in [0.15, 0.2) is 11.0 Å². The van der Waals surface area contributed by atoms with Crippen LogP contribution in [0.15, 0.2) is 42.1 Å². The van der Waals surface area contributed by atoms with Crippen LogP contribution in [0.25, 0.3) is 0 Å². The molecule has 1 N–H and O–H groups in total. The molecule has 3 aromatic rings. The lowest BCUT2D eigenvalue weighted by Gasteiger charge is -2.10. The Hall–Kier alpha value is -3.09. The van der Waals surface area contributed by atoms with Crippen molar-refractivity contribution >= 4 is 34.0 Å². The lowest BCUT2D eigenvalue weighted by atomic mass is 9.97. The summed E-state index contributed by atoms with van der Waals surface area (Å²) in [5, 5.41) is 22.6. The molecule has 2 heterocycles. The van der Waals surface area contributed by atoms with E-state index >= 15 is 0 Å². The maximum Gasteiger partial charge on any atom is 0.235 e. The third-order valence-electron chi connectivity index (χ3n) is 6.39. The van der Waals surface area contributed by atoms with E-state index in [-0.39, 0.29) is 18.3 Å². The summed E-state index contributed by atoms with van der Waals surface area (Å²) in [5.41, 5.74) is 3.02. The van der Waals surface area contributed by atoms with Crippen LogP contribution in [0.2, 0.25) is 0 Å². The quantitative estimate of drug-likeness (QED) is 0.236. The molecule has 1 aliphatic carbocycles. The van der Waals surface area contributed by atoms with Gasteiger partial charge in [-0.25, -0.2) is 0 Å². The van der Waals surface area contributed by atoms with Gasteiger partial charge in [-0.1, -0.05) is 56.7 Å². The van der Waals surface area contributed by atoms with E-state index in [2.05, 4.69) is 54.1 Å². The van der Waals surface area contributed by atoms with Crippen molar-refractivity contribution in [1.82, 2.24) is 14.8 Å². The third kappa shape index (κ3) is 6.82. The van der Waals surface area contributed by atoms with Crippen molar-refractivity contribution in [2.24, 2.45) is 0 Å². The number of nitriles is 1. The van der Waals surface area contributed by atoms with Gasteiger partial charge in [-0.15, -0.1) is 28.1 Å². The number of aromatic nitrogens is 3. The summed E-state index contributed by atoms with van der Waals surface area (Å²) in [6.45, 7) is 8.94. The Bertz CT molecular complexity index is 1270. The highest BCUT2D eigenvalue weighted by Gasteiger charge is 2.21. The number of benzene rings is 1. The number of thioether (sulfide) groups is 1. The second-order valence-corrected chi connectivity index (χ2v) is 11.4. The number of thiophene rings is 1. The third-order valence-corrected chi connectivity index (χ3v) is 8.56. The Kier molecular flexibility index (Phi) is 9.42. The lowest BCUT2D eigenvalue weighted by molar-refractivity contribution is -0.113. The molecule has 0 unspecified atom stereocenters. The largest absolute Gasteiger partial charge is 0.486 e. The number of amides is 1. The Balaban J connectivity index is 1.38. The van der Waals surface area contributed by atoms with E-state index in [1.54, 1.807) is 17.4 Å². The van der Waals surface area contributed by atoms with Gasteiger partial charge in [-0.05, 0) is 54.9 Å². The number of rotatable bonds is 10. The highest BCUT2D eigenvalue weighted by Crippen LogP contribution is 2.36. The first-order valence-electron chi connectivity index (χ1n) is 12.7. The zero-order valence-electron chi connectivity index (χ0n) is 21.5. The molecule has 1 aromatic carbocycles. The molecule has 2 aromatic heterocycles. The van der Waals surface area contributed by atoms with Crippen LogP contribution >= 0.6 is 23.1 Å². The van der Waals surface area contributed by atoms with Crippen LogP contribution in [0, 0.1) is 11.3 Å². The molecule has 0 saturated carbocycles. The zero-order chi connectivity index (χ0) is 26.2. The number of allylic oxidation sites excluding steroid dienone is 1. The van der Waals surface area contributed by atoms with Crippen LogP contribution in [0.4, 0.5) is 5.00 Å². The lowest BCUT2D eigenvalue weighted by Crippen LogP contribution is -2.15. The van der Waals surface area contributed by atoms with Crippen LogP contribution in [0.1, 0.15) is 72.8 Å². The van der Waals surface area contributed by atoms with Crippen LogP contribution in [-0.4, -0.2) is 26.4 Å². The topological polar surface area (TPSA) is 92.8 Å². The molecule has 9 heteroatoms. The van der Waals surface area contributed by atoms with Gasteiger partial charge in [0.25, 0.3) is 0 Å². The first-order valence-corrected chi connectivity index (χ1v) is 14.5. The molecule has 1 aliphatic rings. The van der Waals surface area contributed by atoms with Gasteiger partial charge in [0.2, 0.25) is 5.91 Å². The molecule has 194 valence electrons. The van der Waals surface area contributed by atoms with Gasteiger partial charge in [-0.3, -0.25) is 9.36 Å². The smallest absolute Gasteiger partial charge is 0.235 e. The van der Waals surface area contributed by atoms with Gasteiger partial charge in [0, 0.05) is 11.4 Å². The van der Waals surface area contributed by atoms with E-state index in [0.717, 1.165) is 37.0 Å². The number of ether oxygens (including phenoxy) is 1. The Morgan fingerprint density at radius 1 is 1.24 bits per heavy atom. The van der Waals surface area contributed by atoms with Gasteiger partial charge >= 0.3 is 0 Å². The predicted molar refractivity (Wildman–Crippen MR) is 149 cm³/mol. The fourth-order valence-corrected chi connectivity index (χ4v) is 6.38. The van der Waals surface area contributed by atoms with E-state index in [0.29, 0.717) is 34.0 Å². The number of hydrogen-bond acceptors (Lipinski definition) is 7. The summed E-state index contributed by atoms with van der Waals surface area (Å²) < 4.78 is 7.85. The summed E-state index contributed by atoms with van der Waals surface area (Å²) in [7, 11) is 0. The second kappa shape index (κ2) is 12.9. The SMILES string of the molecule is C=CCn1c(COc2ccc(C(C)C)cc2)nnc1SCC(=O)Nc1sc2c(c1C#N)CCCCCC2. The van der Waals surface area contributed by atoms with Gasteiger partial charge in [-0.2, -0.15) is 5.26 Å². The van der Waals surface area contributed by atoms with E-state index in [4.69, 9.17) is 4.74 Å². The molecule has 7 nitrogen and oxygen atoms in total. The van der Waals surface area contributed by atoms with Gasteiger partial charge in [0.05, 0.1) is 11.3 Å². The van der Waals surface area contributed by atoms with Gasteiger partial charge in [0.1, 0.15) is 23.4 Å². The minimum atomic E-state index is -0.160. The van der Waals surface area contributed by atoms with Crippen LogP contribution in [0.5, 0.6) is 5.75 Å². The maximum atomic E-state index is 12.8. The Labute approximate surface area is 226 Å². The zero-order valence-corrected chi connectivity index (χ0v) is 23.1. The molecule has 0 spiro atoms. The molecule has 4 rings (SSSR count). The van der Waals surface area contributed by atoms with E-state index in [1.165, 1.54) is 35.0 Å². The van der Waals surface area contributed by atoms with Crippen molar-refractivity contribution in [3.63, 3.8) is 0 Å². The number of nitrogens with one attached hydrogen (secondary N) is 1. The number of carbonyl (C=O) groups is 1. The number of fused-ring (bicyclic) bond motifs is 1. The molecule has 0 saturated heterocycles. The highest BCUT2D eigenvalue weighted by atomic mass is 32.2. The first kappa shape index (κ1) is 27.0. The van der Waals surface area contributed by atoms with Gasteiger partial charge < -0.3 is 10.1 Å². The average molecular weight is 536 g/mol. The normalized spacial score (nSPS) is 13.4. The summed E-state index contributed by atoms with van der Waals surface area (Å²) in [4.78, 5) is 14.1. The van der Waals surface area contributed by atoms with Crippen LogP contribution in [-0.2, 0) is 30.8 Å². The standard InChI is InChI=1S/C28H33N5O2S2/c1-4-15-33-25(17-35-21-13-11-20(12-14-21)19(2)3)31-32-28(33)36-18-26(34)30-27-23(16-29)22-9-7-5-6-8-10-24(22)37-27/h4,11-14,19H,1,5-10,15,17-18H2,2-3H3,(H,30,34). The molecule has 0 atom stereocenters. The van der Waals surface area contributed by atoms with Crippen LogP contribution < -0.4 is 10.1 Å². The minimum Gasteiger partial charge on any atom is -0.486 e. The van der Waals surface area contributed by atoms with Crippen molar-refractivity contribution in [3.05, 3.63) is 64.3 Å². The highest BCUT2D eigenvalue weighted by molar-refractivity contribution is 7.99. The average Bonchev–Trinajstić information content (AvgIpc) is 3.41. The van der Waals surface area contributed by atoms with Crippen molar-refractivity contribution in [1.29, 1.82) is 5.26 Å². The monoisotopic (exact) mass is 535 g/mol. The molecular weight excluding hydrogens is 502 g/mol. The predicted octanol–water partition coefficient (Wildman–Crippen LogP) is 6.49. The van der Waals surface area contributed by atoms with Crippen molar-refractivity contribution < 1.29 is 9.53 Å². The molecule has 0 fully saturated rings. The molecular formula is C28H33N5O2S2. The van der Waals surface area contributed by atoms with Crippen molar-refractivity contribution in [2.45, 2.75) is 76.6 Å². The second-order valence-electron chi connectivity index (χ2n) is 9.38. The number of anilines is 1. The summed E-state index contributed by atoms with van der Waals surface area (Å²) in [5.74, 6) is 1.91. The summed E-state index contributed by atoms with van der Waals surface area (Å²) in [6, 6.07) is 10.4. The summed E-state index contributed by atoms with van der Waals surface area (Å²) >= 11 is 2.87. The maximum absolute atomic E-state index is 12.8. The number of nitrogens with zero attached hydrogens (tertiary/aromatic N) is 4. The van der Waals surface area contributed by atoms with Crippen LogP contribution in [0.3, 0.4) is 0 Å². The van der Waals surface area contributed by atoms with E-state index < -0.39 is 0 Å². The Morgan fingerprint density at radius 3 is 2.70 bits per heavy atom.